The van der Waals surface area contributed by atoms with Crippen molar-refractivity contribution in [1.29, 1.82) is 0 Å². The average molecular weight is 473 g/mol. The molecule has 0 atom stereocenters. The highest BCUT2D eigenvalue weighted by Gasteiger charge is 2.32. The Morgan fingerprint density at radius 1 is 0.938 bits per heavy atom. The highest BCUT2D eigenvalue weighted by Crippen LogP contribution is 2.36. The maximum Gasteiger partial charge on any atom is 0.416 e. The molecule has 32 heavy (non-hydrogen) atoms. The molecule has 178 valence electrons. The molecule has 2 aromatic carbocycles. The van der Waals surface area contributed by atoms with Crippen molar-refractivity contribution in [3.63, 3.8) is 0 Å². The van der Waals surface area contributed by atoms with Crippen molar-refractivity contribution in [2.45, 2.75) is 51.1 Å². The molecule has 0 aromatic heterocycles. The summed E-state index contributed by atoms with van der Waals surface area (Å²) in [7, 11) is -0.511. The van der Waals surface area contributed by atoms with Crippen molar-refractivity contribution < 1.29 is 26.3 Å². The monoisotopic (exact) mass is 472 g/mol. The van der Waals surface area contributed by atoms with Crippen molar-refractivity contribution in [2.24, 2.45) is 0 Å². The number of ether oxygens (including phenoxy) is 1. The lowest BCUT2D eigenvalue weighted by Gasteiger charge is -2.22. The van der Waals surface area contributed by atoms with Crippen LogP contribution in [0.2, 0.25) is 0 Å². The minimum Gasteiger partial charge on any atom is -0.492 e. The molecule has 9 heteroatoms. The number of likely N-dealkylation sites (N-methyl/N-ethyl adjacent to an activating group) is 1. The van der Waals surface area contributed by atoms with Gasteiger partial charge in [-0.1, -0.05) is 32.9 Å². The van der Waals surface area contributed by atoms with Gasteiger partial charge in [0.1, 0.15) is 12.4 Å². The van der Waals surface area contributed by atoms with E-state index >= 15 is 0 Å². The normalized spacial score (nSPS) is 12.8. The van der Waals surface area contributed by atoms with Gasteiger partial charge in [0.25, 0.3) is 10.0 Å². The summed E-state index contributed by atoms with van der Waals surface area (Å²) in [5.74, 6) is -0.0594. The van der Waals surface area contributed by atoms with Crippen molar-refractivity contribution >= 4 is 15.7 Å². The zero-order valence-electron chi connectivity index (χ0n) is 19.5. The van der Waals surface area contributed by atoms with Gasteiger partial charge in [-0.05, 0) is 62.2 Å². The summed E-state index contributed by atoms with van der Waals surface area (Å²) in [6, 6.07) is 6.48. The molecule has 0 saturated heterocycles. The Bertz CT molecular complexity index is 1050. The number of sulfonamides is 1. The number of rotatable bonds is 7. The number of aryl methyl sites for hydroxylation is 2. The second kappa shape index (κ2) is 9.31. The van der Waals surface area contributed by atoms with Gasteiger partial charge in [0.15, 0.2) is 0 Å². The largest absolute Gasteiger partial charge is 0.492 e. The van der Waals surface area contributed by atoms with E-state index in [9.17, 15) is 21.6 Å². The molecule has 2 rings (SSSR count). The molecule has 5 nitrogen and oxygen atoms in total. The minimum absolute atomic E-state index is 0.0537. The van der Waals surface area contributed by atoms with E-state index in [2.05, 4.69) is 4.72 Å². The molecule has 0 heterocycles. The maximum absolute atomic E-state index is 13.4. The van der Waals surface area contributed by atoms with E-state index in [0.717, 1.165) is 17.7 Å². The van der Waals surface area contributed by atoms with Crippen molar-refractivity contribution in [2.75, 3.05) is 32.0 Å². The third-order valence-corrected chi connectivity index (χ3v) is 6.57. The Labute approximate surface area is 188 Å². The first-order valence-corrected chi connectivity index (χ1v) is 11.6. The first kappa shape index (κ1) is 26.0. The third kappa shape index (κ3) is 6.62. The number of alkyl halides is 3. The molecular weight excluding hydrogens is 441 g/mol. The molecular formula is C23H31F3N2O3S. The van der Waals surface area contributed by atoms with Crippen LogP contribution in [0.1, 0.15) is 43.0 Å². The highest BCUT2D eigenvalue weighted by atomic mass is 32.2. The summed E-state index contributed by atoms with van der Waals surface area (Å²) >= 11 is 0. The fraction of sp³-hybridized carbons (Fsp3) is 0.478. The van der Waals surface area contributed by atoms with Crippen LogP contribution in [0.15, 0.2) is 35.2 Å². The molecule has 0 bridgehead atoms. The Kier molecular flexibility index (Phi) is 7.56. The van der Waals surface area contributed by atoms with Crippen LogP contribution in [0.5, 0.6) is 5.75 Å². The average Bonchev–Trinajstić information content (AvgIpc) is 2.58. The molecule has 0 spiro atoms. The van der Waals surface area contributed by atoms with Gasteiger partial charge >= 0.3 is 6.18 Å². The number of anilines is 1. The number of benzene rings is 2. The number of halogens is 3. The first-order valence-electron chi connectivity index (χ1n) is 10.1. The van der Waals surface area contributed by atoms with Crippen LogP contribution in [-0.2, 0) is 21.6 Å². The standard InChI is InChI=1S/C23H31F3N2O3S/c1-15-10-17(22(3,4)5)11-16(2)21(15)32(29,30)27-19-12-18(23(24,25)26)13-20(14-19)31-9-8-28(6)7/h10-14,27H,8-9H2,1-7H3. The topological polar surface area (TPSA) is 58.6 Å². The highest BCUT2D eigenvalue weighted by molar-refractivity contribution is 7.92. The van der Waals surface area contributed by atoms with Crippen molar-refractivity contribution in [3.05, 3.63) is 52.6 Å². The predicted octanol–water partition coefficient (Wildman–Crippen LogP) is 5.36. The summed E-state index contributed by atoms with van der Waals surface area (Å²) in [5, 5.41) is 0. The van der Waals surface area contributed by atoms with Crippen molar-refractivity contribution in [3.8, 4) is 5.75 Å². The van der Waals surface area contributed by atoms with Crippen LogP contribution in [-0.4, -0.2) is 40.6 Å². The van der Waals surface area contributed by atoms with E-state index in [1.165, 1.54) is 6.07 Å². The predicted molar refractivity (Wildman–Crippen MR) is 121 cm³/mol. The fourth-order valence-electron chi connectivity index (χ4n) is 3.26. The smallest absolute Gasteiger partial charge is 0.416 e. The van der Waals surface area contributed by atoms with Crippen LogP contribution in [0.3, 0.4) is 0 Å². The van der Waals surface area contributed by atoms with Crippen LogP contribution < -0.4 is 9.46 Å². The van der Waals surface area contributed by atoms with Gasteiger partial charge in [0.05, 0.1) is 16.1 Å². The molecule has 0 unspecified atom stereocenters. The Balaban J connectivity index is 2.46. The van der Waals surface area contributed by atoms with Crippen molar-refractivity contribution in [1.82, 2.24) is 4.90 Å². The minimum atomic E-state index is -4.65. The maximum atomic E-state index is 13.4. The van der Waals surface area contributed by atoms with Gasteiger partial charge < -0.3 is 9.64 Å². The molecule has 0 radical (unpaired) electrons. The second-order valence-corrected chi connectivity index (χ2v) is 10.8. The molecule has 0 aliphatic rings. The van der Waals surface area contributed by atoms with E-state index in [1.807, 2.05) is 39.8 Å². The van der Waals surface area contributed by atoms with E-state index in [1.54, 1.807) is 26.0 Å². The summed E-state index contributed by atoms with van der Waals surface area (Å²) in [5.41, 5.74) is 0.647. The van der Waals surface area contributed by atoms with Gasteiger partial charge in [-0.15, -0.1) is 0 Å². The van der Waals surface area contributed by atoms with Gasteiger partial charge in [0.2, 0.25) is 0 Å². The van der Waals surface area contributed by atoms with Gasteiger partial charge in [-0.25, -0.2) is 8.42 Å². The summed E-state index contributed by atoms with van der Waals surface area (Å²) in [6.45, 7) is 10.1. The molecule has 2 aromatic rings. The second-order valence-electron chi connectivity index (χ2n) is 9.19. The molecule has 0 fully saturated rings. The fourth-order valence-corrected chi connectivity index (χ4v) is 4.76. The van der Waals surface area contributed by atoms with Gasteiger partial charge in [-0.2, -0.15) is 13.2 Å². The molecule has 0 aliphatic heterocycles. The Morgan fingerprint density at radius 2 is 1.50 bits per heavy atom. The SMILES string of the molecule is Cc1cc(C(C)(C)C)cc(C)c1S(=O)(=O)Nc1cc(OCCN(C)C)cc(C(F)(F)F)c1. The Morgan fingerprint density at radius 3 is 1.97 bits per heavy atom. The number of nitrogens with zero attached hydrogens (tertiary/aromatic N) is 1. The zero-order chi connectivity index (χ0) is 24.5. The van der Waals surface area contributed by atoms with Crippen LogP contribution in [0.4, 0.5) is 18.9 Å². The van der Waals surface area contributed by atoms with E-state index in [4.69, 9.17) is 4.74 Å². The summed E-state index contributed by atoms with van der Waals surface area (Å²) in [6.07, 6.45) is -4.65. The molecule has 1 N–H and O–H groups in total. The first-order chi connectivity index (χ1) is 14.5. The number of nitrogens with one attached hydrogen (secondary N) is 1. The number of hydrogen-bond donors (Lipinski definition) is 1. The van der Waals surface area contributed by atoms with Gasteiger partial charge in [0, 0.05) is 12.6 Å². The third-order valence-electron chi connectivity index (χ3n) is 4.89. The zero-order valence-corrected chi connectivity index (χ0v) is 20.3. The number of hydrogen-bond acceptors (Lipinski definition) is 4. The molecule has 0 saturated carbocycles. The summed E-state index contributed by atoms with van der Waals surface area (Å²) < 4.78 is 74.2. The van der Waals surface area contributed by atoms with Crippen LogP contribution in [0, 0.1) is 13.8 Å². The van der Waals surface area contributed by atoms with Crippen LogP contribution >= 0.6 is 0 Å². The lowest BCUT2D eigenvalue weighted by Crippen LogP contribution is -2.20. The van der Waals surface area contributed by atoms with E-state index in [0.29, 0.717) is 17.7 Å². The molecule has 0 aliphatic carbocycles. The molecule has 0 amide bonds. The lowest BCUT2D eigenvalue weighted by molar-refractivity contribution is -0.137. The quantitative estimate of drug-likeness (QED) is 0.589. The van der Waals surface area contributed by atoms with E-state index < -0.39 is 21.8 Å². The Hall–Kier alpha value is -2.26. The summed E-state index contributed by atoms with van der Waals surface area (Å²) in [4.78, 5) is 1.88. The van der Waals surface area contributed by atoms with Crippen LogP contribution in [0.25, 0.3) is 0 Å². The van der Waals surface area contributed by atoms with E-state index in [-0.39, 0.29) is 28.4 Å². The van der Waals surface area contributed by atoms with Gasteiger partial charge in [-0.3, -0.25) is 4.72 Å². The lowest BCUT2D eigenvalue weighted by atomic mass is 9.85.